The number of hydrogen-bond donors (Lipinski definition) is 4. The monoisotopic (exact) mass is 539 g/mol. The molecule has 3 atom stereocenters. The van der Waals surface area contributed by atoms with Crippen molar-refractivity contribution in [1.82, 2.24) is 30.8 Å². The molecule has 3 aromatic rings. The predicted molar refractivity (Wildman–Crippen MR) is 142 cm³/mol. The number of benzene rings is 2. The molecule has 6 N–H and O–H groups in total. The first-order valence-corrected chi connectivity index (χ1v) is 13.4. The molecule has 12 heteroatoms. The maximum atomic E-state index is 13.1. The number of amides is 3. The van der Waals surface area contributed by atoms with Crippen LogP contribution in [-0.2, 0) is 23.1 Å². The van der Waals surface area contributed by atoms with Crippen LogP contribution in [0, 0.1) is 17.2 Å². The van der Waals surface area contributed by atoms with E-state index in [1.54, 1.807) is 29.2 Å². The Hall–Kier alpha value is -4.63. The summed E-state index contributed by atoms with van der Waals surface area (Å²) in [5.74, 6) is -0.184. The van der Waals surface area contributed by atoms with Crippen LogP contribution in [0.25, 0.3) is 0 Å². The number of nitrogens with zero attached hydrogens (tertiary/aromatic N) is 5. The lowest BCUT2D eigenvalue weighted by Crippen LogP contribution is -2.44. The number of primary amides is 2. The molecule has 6 rings (SSSR count). The second kappa shape index (κ2) is 9.84. The Kier molecular flexibility index (Phi) is 6.31. The number of aromatic nitrogens is 4. The molecule has 0 radical (unpaired) electrons. The minimum absolute atomic E-state index is 0.0780. The second-order valence-corrected chi connectivity index (χ2v) is 10.8. The van der Waals surface area contributed by atoms with Gasteiger partial charge in [0.2, 0.25) is 17.7 Å². The molecule has 40 heavy (non-hydrogen) atoms. The average molecular weight is 540 g/mol. The minimum Gasteiger partial charge on any atom is -0.366 e. The quantitative estimate of drug-likeness (QED) is 0.294. The van der Waals surface area contributed by atoms with E-state index in [-0.39, 0.29) is 24.5 Å². The molecule has 0 bridgehead atoms. The number of H-pyrrole nitrogens is 1. The molecule has 2 aliphatic carbocycles. The molecule has 2 fully saturated rings. The van der Waals surface area contributed by atoms with Crippen molar-refractivity contribution < 1.29 is 14.4 Å². The maximum absolute atomic E-state index is 13.1. The van der Waals surface area contributed by atoms with Gasteiger partial charge in [0, 0.05) is 17.2 Å². The summed E-state index contributed by atoms with van der Waals surface area (Å²) >= 11 is 0. The van der Waals surface area contributed by atoms with Gasteiger partial charge in [0.25, 0.3) is 0 Å². The summed E-state index contributed by atoms with van der Waals surface area (Å²) in [6.07, 6.45) is 3.36. The van der Waals surface area contributed by atoms with Crippen molar-refractivity contribution in [3.05, 3.63) is 75.6 Å². The van der Waals surface area contributed by atoms with Crippen molar-refractivity contribution in [1.29, 1.82) is 5.26 Å². The Labute approximate surface area is 230 Å². The van der Waals surface area contributed by atoms with Crippen molar-refractivity contribution in [3.8, 4) is 6.07 Å². The van der Waals surface area contributed by atoms with Crippen LogP contribution in [0.3, 0.4) is 0 Å². The number of tetrazole rings is 1. The van der Waals surface area contributed by atoms with Gasteiger partial charge in [0.15, 0.2) is 5.82 Å². The fourth-order valence-electron chi connectivity index (χ4n) is 6.63. The van der Waals surface area contributed by atoms with Gasteiger partial charge in [-0.05, 0) is 102 Å². The largest absolute Gasteiger partial charge is 0.366 e. The molecule has 0 spiro atoms. The zero-order chi connectivity index (χ0) is 28.0. The third-order valence-electron chi connectivity index (χ3n) is 8.61. The zero-order valence-electron chi connectivity index (χ0n) is 21.8. The van der Waals surface area contributed by atoms with Gasteiger partial charge in [-0.25, -0.2) is 5.10 Å². The van der Waals surface area contributed by atoms with Gasteiger partial charge >= 0.3 is 0 Å². The first kappa shape index (κ1) is 25.6. The molecular formula is C28H29N9O3. The summed E-state index contributed by atoms with van der Waals surface area (Å²) in [5, 5.41) is 27.8. The number of fused-ring (bicyclic) bond motifs is 3. The number of likely N-dealkylation sites (tertiary alicyclic amines) is 1. The van der Waals surface area contributed by atoms with Crippen LogP contribution in [0.15, 0.2) is 36.4 Å². The lowest BCUT2D eigenvalue weighted by molar-refractivity contribution is -0.131. The van der Waals surface area contributed by atoms with Crippen LogP contribution in [0.1, 0.15) is 68.1 Å². The SMILES string of the molecule is N#C[C@@H]1C[C@@H]2C[C@@H]2N1C(=O)CNCCC1(c2nnn[nH]2)c2ccc(C(N)=O)cc2CCc2cc(C(N)=O)ccc21. The highest BCUT2D eigenvalue weighted by Gasteiger charge is 2.54. The van der Waals surface area contributed by atoms with Gasteiger partial charge in [-0.15, -0.1) is 5.10 Å². The van der Waals surface area contributed by atoms with Crippen LogP contribution >= 0.6 is 0 Å². The predicted octanol–water partition coefficient (Wildman–Crippen LogP) is 0.323. The van der Waals surface area contributed by atoms with E-state index in [4.69, 9.17) is 11.5 Å². The van der Waals surface area contributed by atoms with Gasteiger partial charge in [-0.3, -0.25) is 14.4 Å². The van der Waals surface area contributed by atoms with E-state index in [0.717, 1.165) is 35.1 Å². The van der Waals surface area contributed by atoms with Gasteiger partial charge in [0.05, 0.1) is 18.0 Å². The highest BCUT2D eigenvalue weighted by molar-refractivity contribution is 5.94. The molecule has 3 amide bonds. The molecule has 1 aliphatic heterocycles. The maximum Gasteiger partial charge on any atom is 0.248 e. The van der Waals surface area contributed by atoms with E-state index in [0.29, 0.717) is 48.7 Å². The molecular weight excluding hydrogens is 510 g/mol. The smallest absolute Gasteiger partial charge is 0.248 e. The van der Waals surface area contributed by atoms with E-state index in [2.05, 4.69) is 32.0 Å². The van der Waals surface area contributed by atoms with Crippen molar-refractivity contribution >= 4 is 17.7 Å². The van der Waals surface area contributed by atoms with Crippen LogP contribution in [-0.4, -0.2) is 68.4 Å². The summed E-state index contributed by atoms with van der Waals surface area (Å²) in [4.78, 5) is 38.8. The fourth-order valence-corrected chi connectivity index (χ4v) is 6.63. The molecule has 1 saturated carbocycles. The van der Waals surface area contributed by atoms with E-state index in [1.165, 1.54) is 0 Å². The number of rotatable bonds is 8. The number of piperidine rings is 1. The van der Waals surface area contributed by atoms with Gasteiger partial charge < -0.3 is 21.7 Å². The Balaban J connectivity index is 1.37. The Morgan fingerprint density at radius 2 is 1.70 bits per heavy atom. The number of nitrogens with one attached hydrogen (secondary N) is 2. The molecule has 12 nitrogen and oxygen atoms in total. The van der Waals surface area contributed by atoms with Gasteiger partial charge in [0.1, 0.15) is 6.04 Å². The van der Waals surface area contributed by atoms with Crippen molar-refractivity contribution in [2.24, 2.45) is 17.4 Å². The van der Waals surface area contributed by atoms with Crippen molar-refractivity contribution in [2.75, 3.05) is 13.1 Å². The molecule has 0 unspecified atom stereocenters. The molecule has 2 aromatic carbocycles. The molecule has 2 heterocycles. The Morgan fingerprint density at radius 1 is 1.05 bits per heavy atom. The number of hydrogen-bond acceptors (Lipinski definition) is 8. The van der Waals surface area contributed by atoms with Crippen LogP contribution < -0.4 is 16.8 Å². The van der Waals surface area contributed by atoms with E-state index in [1.807, 2.05) is 12.1 Å². The minimum atomic E-state index is -0.891. The first-order valence-electron chi connectivity index (χ1n) is 13.4. The van der Waals surface area contributed by atoms with Crippen molar-refractivity contribution in [3.63, 3.8) is 0 Å². The standard InChI is InChI=1S/C28H29N9O3/c29-13-20-11-19-12-23(19)37(20)24(38)14-32-8-7-28(27-33-35-36-34-27)21-5-3-17(25(30)39)9-15(21)1-2-16-10-18(26(31)40)4-6-22(16)28/h3-6,9-10,19-20,23,32H,1-2,7-8,11-12,14H2,(H2,30,39)(H2,31,40)(H,33,34,35,36)/t19-,20+,23+/m1/s1. The summed E-state index contributed by atoms with van der Waals surface area (Å²) in [6, 6.07) is 12.9. The zero-order valence-corrected chi connectivity index (χ0v) is 21.8. The van der Waals surface area contributed by atoms with E-state index < -0.39 is 17.2 Å². The lowest BCUT2D eigenvalue weighted by Gasteiger charge is -2.34. The number of nitrogens with two attached hydrogens (primary N) is 2. The van der Waals surface area contributed by atoms with E-state index >= 15 is 0 Å². The summed E-state index contributed by atoms with van der Waals surface area (Å²) in [5.41, 5.74) is 14.7. The Bertz CT molecular complexity index is 1480. The van der Waals surface area contributed by atoms with E-state index in [9.17, 15) is 19.6 Å². The topological polar surface area (TPSA) is 197 Å². The second-order valence-electron chi connectivity index (χ2n) is 10.8. The molecule has 204 valence electrons. The lowest BCUT2D eigenvalue weighted by atomic mass is 9.69. The average Bonchev–Trinajstić information content (AvgIpc) is 3.34. The number of nitriles is 1. The normalized spacial score (nSPS) is 21.9. The first-order chi connectivity index (χ1) is 19.3. The molecule has 1 saturated heterocycles. The van der Waals surface area contributed by atoms with Gasteiger partial charge in [-0.2, -0.15) is 5.26 Å². The number of aromatic amines is 1. The van der Waals surface area contributed by atoms with Crippen molar-refractivity contribution in [2.45, 2.75) is 49.6 Å². The Morgan fingerprint density at radius 3 is 2.25 bits per heavy atom. The number of carbonyl (C=O) groups is 3. The van der Waals surface area contributed by atoms with Gasteiger partial charge in [-0.1, -0.05) is 12.1 Å². The summed E-state index contributed by atoms with van der Waals surface area (Å²) in [6.45, 7) is 0.521. The van der Waals surface area contributed by atoms with Crippen LogP contribution in [0.5, 0.6) is 0 Å². The highest BCUT2D eigenvalue weighted by Crippen LogP contribution is 2.48. The third-order valence-corrected chi connectivity index (χ3v) is 8.61. The summed E-state index contributed by atoms with van der Waals surface area (Å²) < 4.78 is 0. The van der Waals surface area contributed by atoms with Crippen LogP contribution in [0.2, 0.25) is 0 Å². The fraction of sp³-hybridized carbons (Fsp3) is 0.393. The highest BCUT2D eigenvalue weighted by atomic mass is 16.2. The van der Waals surface area contributed by atoms with Crippen LogP contribution in [0.4, 0.5) is 0 Å². The number of aryl methyl sites for hydroxylation is 2. The summed E-state index contributed by atoms with van der Waals surface area (Å²) in [7, 11) is 0. The molecule has 1 aromatic heterocycles. The number of carbonyl (C=O) groups excluding carboxylic acids is 3. The third kappa shape index (κ3) is 4.19. The molecule has 3 aliphatic rings.